The van der Waals surface area contributed by atoms with E-state index in [0.29, 0.717) is 11.8 Å². The first-order chi connectivity index (χ1) is 13.2. The number of piperidine rings is 2. The number of carbonyl (C=O) groups is 1. The molecule has 3 aliphatic heterocycles. The number of hydrogen-bond donors (Lipinski definition) is 0. The number of hydrogen-bond acceptors (Lipinski definition) is 5. The Labute approximate surface area is 162 Å². The Kier molecular flexibility index (Phi) is 6.08. The summed E-state index contributed by atoms with van der Waals surface area (Å²) in [6.07, 6.45) is 7.79. The largest absolute Gasteiger partial charge is 0.381 e. The Bertz CT molecular complexity index is 634. The lowest BCUT2D eigenvalue weighted by molar-refractivity contribution is -0.139. The monoisotopic (exact) mass is 375 g/mol. The first-order valence-electron chi connectivity index (χ1n) is 10.7. The molecule has 1 aromatic rings. The summed E-state index contributed by atoms with van der Waals surface area (Å²) in [6.45, 7) is 6.32. The first-order valence-corrected chi connectivity index (χ1v) is 10.7. The van der Waals surface area contributed by atoms with E-state index in [1.54, 1.807) is 0 Å². The standard InChI is InChI=1S/C20H33N5O2/c1-23-18(15-24-9-3-2-4-10-24)21-22-19(23)17-6-5-11-25(14-17)20(26)16-7-12-27-13-8-16/h16-17H,2-15H2,1H3. The summed E-state index contributed by atoms with van der Waals surface area (Å²) >= 11 is 0. The first kappa shape index (κ1) is 18.9. The van der Waals surface area contributed by atoms with Gasteiger partial charge in [-0.15, -0.1) is 10.2 Å². The Morgan fingerprint density at radius 2 is 1.81 bits per heavy atom. The quantitative estimate of drug-likeness (QED) is 0.805. The minimum absolute atomic E-state index is 0.145. The van der Waals surface area contributed by atoms with E-state index in [0.717, 1.165) is 70.2 Å². The minimum atomic E-state index is 0.145. The van der Waals surface area contributed by atoms with Crippen LogP contribution in [0.1, 0.15) is 62.5 Å². The van der Waals surface area contributed by atoms with E-state index in [1.165, 1.54) is 32.4 Å². The summed E-state index contributed by atoms with van der Waals surface area (Å²) in [6, 6.07) is 0. The van der Waals surface area contributed by atoms with Gasteiger partial charge < -0.3 is 14.2 Å². The molecule has 1 unspecified atom stereocenters. The molecule has 0 saturated carbocycles. The Hall–Kier alpha value is -1.47. The second kappa shape index (κ2) is 8.69. The van der Waals surface area contributed by atoms with Crippen LogP contribution in [-0.2, 0) is 23.1 Å². The van der Waals surface area contributed by atoms with Crippen LogP contribution in [-0.4, -0.2) is 69.9 Å². The van der Waals surface area contributed by atoms with E-state index in [9.17, 15) is 4.79 Å². The number of amides is 1. The highest BCUT2D eigenvalue weighted by Gasteiger charge is 2.32. The maximum absolute atomic E-state index is 12.9. The highest BCUT2D eigenvalue weighted by Crippen LogP contribution is 2.28. The maximum atomic E-state index is 12.9. The topological polar surface area (TPSA) is 63.5 Å². The molecule has 0 N–H and O–H groups in total. The molecule has 1 aromatic heterocycles. The van der Waals surface area contributed by atoms with Gasteiger partial charge in [0.05, 0.1) is 6.54 Å². The van der Waals surface area contributed by atoms with Crippen molar-refractivity contribution in [3.05, 3.63) is 11.6 Å². The zero-order valence-corrected chi connectivity index (χ0v) is 16.6. The Balaban J connectivity index is 1.39. The summed E-state index contributed by atoms with van der Waals surface area (Å²) in [5, 5.41) is 9.04. The molecule has 0 spiro atoms. The van der Waals surface area contributed by atoms with Gasteiger partial charge in [0.15, 0.2) is 0 Å². The fraction of sp³-hybridized carbons (Fsp3) is 0.850. The number of ether oxygens (including phenoxy) is 1. The van der Waals surface area contributed by atoms with E-state index in [1.807, 2.05) is 0 Å². The van der Waals surface area contributed by atoms with E-state index in [4.69, 9.17) is 4.74 Å². The van der Waals surface area contributed by atoms with Crippen LogP contribution in [0.3, 0.4) is 0 Å². The molecular weight excluding hydrogens is 342 g/mol. The van der Waals surface area contributed by atoms with Gasteiger partial charge in [-0.2, -0.15) is 0 Å². The van der Waals surface area contributed by atoms with Crippen LogP contribution >= 0.6 is 0 Å². The van der Waals surface area contributed by atoms with Crippen LogP contribution in [0.4, 0.5) is 0 Å². The second-order valence-electron chi connectivity index (χ2n) is 8.38. The van der Waals surface area contributed by atoms with Gasteiger partial charge >= 0.3 is 0 Å². The molecule has 0 aromatic carbocycles. The molecule has 0 radical (unpaired) electrons. The number of rotatable bonds is 4. The molecule has 7 nitrogen and oxygen atoms in total. The maximum Gasteiger partial charge on any atom is 0.225 e. The smallest absolute Gasteiger partial charge is 0.225 e. The van der Waals surface area contributed by atoms with Crippen molar-refractivity contribution in [2.45, 2.75) is 57.4 Å². The van der Waals surface area contributed by atoms with Gasteiger partial charge in [0.2, 0.25) is 5.91 Å². The van der Waals surface area contributed by atoms with Gasteiger partial charge in [0.25, 0.3) is 0 Å². The molecule has 3 saturated heterocycles. The second-order valence-corrected chi connectivity index (χ2v) is 8.38. The third kappa shape index (κ3) is 4.35. The summed E-state index contributed by atoms with van der Waals surface area (Å²) in [4.78, 5) is 17.5. The lowest BCUT2D eigenvalue weighted by atomic mass is 9.93. The predicted molar refractivity (Wildman–Crippen MR) is 102 cm³/mol. The number of aromatic nitrogens is 3. The summed E-state index contributed by atoms with van der Waals surface area (Å²) in [5.41, 5.74) is 0. The average Bonchev–Trinajstić information content (AvgIpc) is 3.09. The van der Waals surface area contributed by atoms with Crippen LogP contribution in [0.25, 0.3) is 0 Å². The number of carbonyl (C=O) groups excluding carboxylic acids is 1. The van der Waals surface area contributed by atoms with Crippen molar-refractivity contribution in [2.75, 3.05) is 39.4 Å². The van der Waals surface area contributed by atoms with Gasteiger partial charge in [0, 0.05) is 45.2 Å². The van der Waals surface area contributed by atoms with Crippen LogP contribution in [0.5, 0.6) is 0 Å². The van der Waals surface area contributed by atoms with Gasteiger partial charge in [-0.1, -0.05) is 6.42 Å². The zero-order valence-electron chi connectivity index (χ0n) is 16.6. The van der Waals surface area contributed by atoms with E-state index >= 15 is 0 Å². The van der Waals surface area contributed by atoms with Gasteiger partial charge in [0.1, 0.15) is 11.6 Å². The van der Waals surface area contributed by atoms with Crippen molar-refractivity contribution < 1.29 is 9.53 Å². The van der Waals surface area contributed by atoms with Crippen LogP contribution in [0.2, 0.25) is 0 Å². The van der Waals surface area contributed by atoms with Crippen molar-refractivity contribution >= 4 is 5.91 Å². The van der Waals surface area contributed by atoms with Crippen molar-refractivity contribution in [1.82, 2.24) is 24.6 Å². The molecule has 4 rings (SSSR count). The molecule has 4 heterocycles. The fourth-order valence-electron chi connectivity index (χ4n) is 4.78. The molecule has 1 amide bonds. The third-order valence-corrected chi connectivity index (χ3v) is 6.48. The van der Waals surface area contributed by atoms with Gasteiger partial charge in [-0.25, -0.2) is 0 Å². The number of nitrogens with zero attached hydrogens (tertiary/aromatic N) is 5. The van der Waals surface area contributed by atoms with Crippen molar-refractivity contribution in [3.63, 3.8) is 0 Å². The number of likely N-dealkylation sites (tertiary alicyclic amines) is 2. The Morgan fingerprint density at radius 3 is 2.59 bits per heavy atom. The SMILES string of the molecule is Cn1c(CN2CCCCC2)nnc1C1CCCN(C(=O)C2CCOCC2)C1. The van der Waals surface area contributed by atoms with E-state index in [-0.39, 0.29) is 5.92 Å². The van der Waals surface area contributed by atoms with Gasteiger partial charge in [-0.05, 0) is 51.6 Å². The normalized spacial score (nSPS) is 25.7. The molecule has 3 aliphatic rings. The molecule has 0 aliphatic carbocycles. The molecule has 1 atom stereocenters. The minimum Gasteiger partial charge on any atom is -0.381 e. The molecule has 0 bridgehead atoms. The molecular formula is C20H33N5O2. The summed E-state index contributed by atoms with van der Waals surface area (Å²) in [5.74, 6) is 2.87. The fourth-order valence-corrected chi connectivity index (χ4v) is 4.78. The highest BCUT2D eigenvalue weighted by atomic mass is 16.5. The van der Waals surface area contributed by atoms with Crippen LogP contribution < -0.4 is 0 Å². The lowest BCUT2D eigenvalue weighted by Crippen LogP contribution is -2.44. The molecule has 150 valence electrons. The van der Waals surface area contributed by atoms with Crippen molar-refractivity contribution in [2.24, 2.45) is 13.0 Å². The van der Waals surface area contributed by atoms with Crippen molar-refractivity contribution in [1.29, 1.82) is 0 Å². The van der Waals surface area contributed by atoms with Gasteiger partial charge in [-0.3, -0.25) is 9.69 Å². The van der Waals surface area contributed by atoms with Crippen LogP contribution in [0.15, 0.2) is 0 Å². The third-order valence-electron chi connectivity index (χ3n) is 6.48. The van der Waals surface area contributed by atoms with Crippen molar-refractivity contribution in [3.8, 4) is 0 Å². The Morgan fingerprint density at radius 1 is 1.04 bits per heavy atom. The van der Waals surface area contributed by atoms with Crippen LogP contribution in [0, 0.1) is 5.92 Å². The van der Waals surface area contributed by atoms with E-state index < -0.39 is 0 Å². The molecule has 27 heavy (non-hydrogen) atoms. The lowest BCUT2D eigenvalue weighted by Gasteiger charge is -2.35. The average molecular weight is 376 g/mol. The molecule has 7 heteroatoms. The summed E-state index contributed by atoms with van der Waals surface area (Å²) < 4.78 is 7.59. The van der Waals surface area contributed by atoms with E-state index in [2.05, 4.69) is 31.6 Å². The zero-order chi connectivity index (χ0) is 18.6. The predicted octanol–water partition coefficient (Wildman–Crippen LogP) is 1.93. The molecule has 3 fully saturated rings. The highest BCUT2D eigenvalue weighted by molar-refractivity contribution is 5.79. The summed E-state index contributed by atoms with van der Waals surface area (Å²) in [7, 11) is 2.09.